The number of rotatable bonds is 54. The molecule has 0 heterocycles. The minimum absolute atomic E-state index is 0.102. The second-order valence-electron chi connectivity index (χ2n) is 19.9. The average Bonchev–Trinajstić information content (AvgIpc) is 3.37. The fourth-order valence-corrected chi connectivity index (χ4v) is 8.39. The smallest absolute Gasteiger partial charge is 0.306 e. The van der Waals surface area contributed by atoms with Gasteiger partial charge >= 0.3 is 17.9 Å². The highest BCUT2D eigenvalue weighted by Gasteiger charge is 2.19. The molecule has 0 amide bonds. The summed E-state index contributed by atoms with van der Waals surface area (Å²) in [5, 5.41) is 0. The van der Waals surface area contributed by atoms with Crippen molar-refractivity contribution in [1.29, 1.82) is 0 Å². The Morgan fingerprint density at radius 3 is 0.930 bits per heavy atom. The lowest BCUT2D eigenvalue weighted by Gasteiger charge is -2.18. The first kappa shape index (κ1) is 67.6. The predicted molar refractivity (Wildman–Crippen MR) is 307 cm³/mol. The fourth-order valence-electron chi connectivity index (χ4n) is 8.39. The third-order valence-corrected chi connectivity index (χ3v) is 12.9. The molecule has 0 aromatic rings. The van der Waals surface area contributed by atoms with Gasteiger partial charge in [0.1, 0.15) is 13.2 Å². The lowest BCUT2D eigenvalue weighted by atomic mass is 10.0. The second kappa shape index (κ2) is 59.2. The Kier molecular flexibility index (Phi) is 56.3. The molecule has 6 heteroatoms. The van der Waals surface area contributed by atoms with Crippen LogP contribution >= 0.6 is 0 Å². The van der Waals surface area contributed by atoms with E-state index in [0.29, 0.717) is 19.3 Å². The van der Waals surface area contributed by atoms with Gasteiger partial charge in [0.05, 0.1) is 0 Å². The van der Waals surface area contributed by atoms with Gasteiger partial charge in [-0.15, -0.1) is 0 Å². The molecule has 0 N–H and O–H groups in total. The van der Waals surface area contributed by atoms with Crippen LogP contribution in [0.2, 0.25) is 0 Å². The Labute approximate surface area is 439 Å². The molecule has 408 valence electrons. The molecule has 0 saturated carbocycles. The summed E-state index contributed by atoms with van der Waals surface area (Å²) in [5.74, 6) is -0.966. The van der Waals surface area contributed by atoms with Crippen LogP contribution in [0.1, 0.15) is 290 Å². The molecule has 0 spiro atoms. The molecule has 0 bridgehead atoms. The molecule has 0 fully saturated rings. The van der Waals surface area contributed by atoms with Gasteiger partial charge in [0.15, 0.2) is 6.10 Å². The van der Waals surface area contributed by atoms with E-state index in [0.717, 1.165) is 103 Å². The summed E-state index contributed by atoms with van der Waals surface area (Å²) < 4.78 is 16.8. The Bertz CT molecular complexity index is 1370. The first-order valence-electron chi connectivity index (χ1n) is 30.1. The van der Waals surface area contributed by atoms with Crippen molar-refractivity contribution in [2.24, 2.45) is 0 Å². The van der Waals surface area contributed by atoms with Crippen molar-refractivity contribution in [3.05, 3.63) is 85.1 Å². The van der Waals surface area contributed by atoms with Gasteiger partial charge in [-0.25, -0.2) is 0 Å². The van der Waals surface area contributed by atoms with E-state index in [9.17, 15) is 14.4 Å². The molecule has 0 radical (unpaired) electrons. The Morgan fingerprint density at radius 2 is 0.563 bits per heavy atom. The lowest BCUT2D eigenvalue weighted by molar-refractivity contribution is -0.167. The molecular weight excluding hydrogens is 877 g/mol. The quantitative estimate of drug-likeness (QED) is 0.0261. The summed E-state index contributed by atoms with van der Waals surface area (Å²) in [6, 6.07) is 0. The van der Waals surface area contributed by atoms with Crippen LogP contribution in [0.3, 0.4) is 0 Å². The first-order valence-corrected chi connectivity index (χ1v) is 30.1. The van der Waals surface area contributed by atoms with Gasteiger partial charge in [-0.1, -0.05) is 266 Å². The molecule has 0 saturated heterocycles. The molecule has 0 aliphatic rings. The number of esters is 3. The highest BCUT2D eigenvalue weighted by Crippen LogP contribution is 2.16. The maximum Gasteiger partial charge on any atom is 0.306 e. The van der Waals surface area contributed by atoms with Crippen LogP contribution in [0.25, 0.3) is 0 Å². The fraction of sp³-hybridized carbons (Fsp3) is 0.738. The van der Waals surface area contributed by atoms with E-state index in [1.807, 2.05) is 0 Å². The highest BCUT2D eigenvalue weighted by molar-refractivity contribution is 5.71. The molecule has 0 unspecified atom stereocenters. The minimum Gasteiger partial charge on any atom is -0.462 e. The lowest BCUT2D eigenvalue weighted by Crippen LogP contribution is -2.30. The topological polar surface area (TPSA) is 78.9 Å². The molecule has 0 aliphatic carbocycles. The molecule has 0 rings (SSSR count). The van der Waals surface area contributed by atoms with Crippen molar-refractivity contribution in [3.63, 3.8) is 0 Å². The van der Waals surface area contributed by atoms with Crippen LogP contribution in [0.15, 0.2) is 85.1 Å². The van der Waals surface area contributed by atoms with Gasteiger partial charge in [-0.2, -0.15) is 0 Å². The summed E-state index contributed by atoms with van der Waals surface area (Å²) in [6.45, 7) is 6.47. The number of carbonyl (C=O) groups is 3. The van der Waals surface area contributed by atoms with Crippen LogP contribution in [0.4, 0.5) is 0 Å². The van der Waals surface area contributed by atoms with E-state index in [1.165, 1.54) is 141 Å². The molecule has 0 aromatic carbocycles. The third kappa shape index (κ3) is 57.4. The van der Waals surface area contributed by atoms with Crippen LogP contribution in [0, 0.1) is 0 Å². The van der Waals surface area contributed by atoms with Crippen molar-refractivity contribution in [2.45, 2.75) is 297 Å². The van der Waals surface area contributed by atoms with Crippen molar-refractivity contribution < 1.29 is 28.6 Å². The Balaban J connectivity index is 4.42. The molecule has 0 aliphatic heterocycles. The van der Waals surface area contributed by atoms with Gasteiger partial charge in [0, 0.05) is 19.3 Å². The first-order chi connectivity index (χ1) is 35.0. The van der Waals surface area contributed by atoms with E-state index in [4.69, 9.17) is 14.2 Å². The number of hydrogen-bond acceptors (Lipinski definition) is 6. The SMILES string of the molecule is CC/C=C\C/C=C\C/C=C\C/C=C\C/C=C\CCCC(=O)O[C@H](COC(=O)CCCCCCC/C=C\C/C=C\CCCCC)COC(=O)CCCCCCCCCCCCCCCCCCCCCCC. The van der Waals surface area contributed by atoms with E-state index in [1.54, 1.807) is 0 Å². The maximum absolute atomic E-state index is 12.8. The van der Waals surface area contributed by atoms with Crippen LogP contribution in [0.5, 0.6) is 0 Å². The largest absolute Gasteiger partial charge is 0.462 e. The van der Waals surface area contributed by atoms with Gasteiger partial charge in [-0.3, -0.25) is 14.4 Å². The zero-order chi connectivity index (χ0) is 51.4. The summed E-state index contributed by atoms with van der Waals surface area (Å²) >= 11 is 0. The Hall–Kier alpha value is -3.41. The van der Waals surface area contributed by atoms with Gasteiger partial charge < -0.3 is 14.2 Å². The third-order valence-electron chi connectivity index (χ3n) is 12.9. The van der Waals surface area contributed by atoms with E-state index < -0.39 is 6.10 Å². The normalized spacial score (nSPS) is 12.7. The van der Waals surface area contributed by atoms with Crippen molar-refractivity contribution in [3.8, 4) is 0 Å². The number of allylic oxidation sites excluding steroid dienone is 14. The van der Waals surface area contributed by atoms with Crippen LogP contribution in [-0.2, 0) is 28.6 Å². The number of unbranched alkanes of at least 4 members (excludes halogenated alkanes) is 29. The molecular formula is C65H112O6. The highest BCUT2D eigenvalue weighted by atomic mass is 16.6. The van der Waals surface area contributed by atoms with Crippen LogP contribution in [-0.4, -0.2) is 37.2 Å². The maximum atomic E-state index is 12.8. The average molecular weight is 990 g/mol. The zero-order valence-electron chi connectivity index (χ0n) is 46.7. The van der Waals surface area contributed by atoms with E-state index in [-0.39, 0.29) is 37.5 Å². The summed E-state index contributed by atoms with van der Waals surface area (Å²) in [6.07, 6.45) is 77.3. The summed E-state index contributed by atoms with van der Waals surface area (Å²) in [5.41, 5.74) is 0. The number of ether oxygens (including phenoxy) is 3. The molecule has 71 heavy (non-hydrogen) atoms. The summed E-state index contributed by atoms with van der Waals surface area (Å²) in [7, 11) is 0. The number of carbonyl (C=O) groups excluding carboxylic acids is 3. The van der Waals surface area contributed by atoms with Gasteiger partial charge in [0.2, 0.25) is 0 Å². The summed E-state index contributed by atoms with van der Waals surface area (Å²) in [4.78, 5) is 38.2. The molecule has 6 nitrogen and oxygen atoms in total. The van der Waals surface area contributed by atoms with Crippen molar-refractivity contribution in [2.75, 3.05) is 13.2 Å². The predicted octanol–water partition coefficient (Wildman–Crippen LogP) is 20.3. The van der Waals surface area contributed by atoms with Crippen molar-refractivity contribution in [1.82, 2.24) is 0 Å². The Morgan fingerprint density at radius 1 is 0.296 bits per heavy atom. The minimum atomic E-state index is -0.812. The zero-order valence-corrected chi connectivity index (χ0v) is 46.7. The number of hydrogen-bond donors (Lipinski definition) is 0. The van der Waals surface area contributed by atoms with Gasteiger partial charge in [-0.05, 0) is 89.9 Å². The molecule has 0 aromatic heterocycles. The van der Waals surface area contributed by atoms with E-state index in [2.05, 4.69) is 106 Å². The van der Waals surface area contributed by atoms with Crippen LogP contribution < -0.4 is 0 Å². The monoisotopic (exact) mass is 989 g/mol. The standard InChI is InChI=1S/C65H112O6/c1-4-7-10-13-16-19-22-25-28-30-31-32-33-35-37-40-43-46-49-52-55-58-64(67)70-61-62(60-69-63(66)57-54-51-48-45-42-39-36-27-24-21-18-15-12-9-6-3)71-65(68)59-56-53-50-47-44-41-38-34-29-26-23-20-17-14-11-8-5-2/h8,11,17-18,20-21,26-27,29,36,38,41,47,50,62H,4-7,9-10,12-16,19,22-25,28,30-35,37,39-40,42-46,48-49,51-61H2,1-3H3/b11-8-,20-17-,21-18-,29-26-,36-27-,41-38-,50-47-/t62-/m1/s1. The van der Waals surface area contributed by atoms with Crippen molar-refractivity contribution >= 4 is 17.9 Å². The molecule has 1 atom stereocenters. The second-order valence-corrected chi connectivity index (χ2v) is 19.9. The van der Waals surface area contributed by atoms with Gasteiger partial charge in [0.25, 0.3) is 0 Å². The van der Waals surface area contributed by atoms with E-state index >= 15 is 0 Å².